The van der Waals surface area contributed by atoms with E-state index in [4.69, 9.17) is 0 Å². The molecule has 4 heteroatoms. The number of carbonyl (C=O) groups excluding carboxylic acids is 1. The Morgan fingerprint density at radius 3 is 3.00 bits per heavy atom. The molecule has 0 aromatic heterocycles. The van der Waals surface area contributed by atoms with Crippen molar-refractivity contribution in [1.29, 1.82) is 0 Å². The molecule has 2 aliphatic heterocycles. The number of aliphatic imine (C=N–C) groups is 1. The molecule has 2 aromatic rings. The van der Waals surface area contributed by atoms with Crippen LogP contribution in [-0.4, -0.2) is 34.7 Å². The van der Waals surface area contributed by atoms with Crippen LogP contribution in [0.2, 0.25) is 0 Å². The van der Waals surface area contributed by atoms with E-state index in [9.17, 15) is 9.90 Å². The summed E-state index contributed by atoms with van der Waals surface area (Å²) in [6.45, 7) is 3.01. The lowest BCUT2D eigenvalue weighted by Crippen LogP contribution is -2.54. The van der Waals surface area contributed by atoms with Gasteiger partial charge in [0, 0.05) is 30.8 Å². The Morgan fingerprint density at radius 1 is 1.26 bits per heavy atom. The Bertz CT molecular complexity index is 965. The monoisotopic (exact) mass is 360 g/mol. The van der Waals surface area contributed by atoms with Crippen LogP contribution in [0.3, 0.4) is 0 Å². The molecule has 2 unspecified atom stereocenters. The van der Waals surface area contributed by atoms with Crippen molar-refractivity contribution < 1.29 is 9.90 Å². The number of carbonyl (C=O) groups is 1. The number of fused-ring (bicyclic) bond motifs is 5. The van der Waals surface area contributed by atoms with Gasteiger partial charge in [0.05, 0.1) is 5.69 Å². The summed E-state index contributed by atoms with van der Waals surface area (Å²) in [6.07, 6.45) is 6.57. The first-order valence-corrected chi connectivity index (χ1v) is 9.88. The largest absolute Gasteiger partial charge is 0.508 e. The van der Waals surface area contributed by atoms with Crippen LogP contribution in [0.25, 0.3) is 0 Å². The molecule has 3 aliphatic rings. The highest BCUT2D eigenvalue weighted by Gasteiger charge is 2.46. The first kappa shape index (κ1) is 16.5. The Morgan fingerprint density at radius 2 is 2.15 bits per heavy atom. The molecule has 1 saturated heterocycles. The second kappa shape index (κ2) is 5.95. The van der Waals surface area contributed by atoms with E-state index in [1.54, 1.807) is 6.07 Å². The minimum Gasteiger partial charge on any atom is -0.508 e. The zero-order chi connectivity index (χ0) is 18.6. The molecule has 0 radical (unpaired) electrons. The first-order chi connectivity index (χ1) is 13.1. The van der Waals surface area contributed by atoms with Gasteiger partial charge in [-0.25, -0.2) is 0 Å². The van der Waals surface area contributed by atoms with Gasteiger partial charge in [0.2, 0.25) is 0 Å². The average molecular weight is 360 g/mol. The van der Waals surface area contributed by atoms with Gasteiger partial charge in [-0.2, -0.15) is 0 Å². The summed E-state index contributed by atoms with van der Waals surface area (Å²) >= 11 is 0. The van der Waals surface area contributed by atoms with E-state index in [1.807, 2.05) is 36.5 Å². The summed E-state index contributed by atoms with van der Waals surface area (Å²) in [6, 6.07) is 11.9. The number of phenols is 1. The van der Waals surface area contributed by atoms with Gasteiger partial charge in [-0.05, 0) is 78.1 Å². The number of nitrogens with zero attached hydrogens (tertiary/aromatic N) is 2. The molecule has 2 heterocycles. The maximum atomic E-state index is 13.3. The van der Waals surface area contributed by atoms with E-state index in [1.165, 1.54) is 11.1 Å². The molecular weight excluding hydrogens is 336 g/mol. The molecule has 1 aliphatic carbocycles. The second-order valence-electron chi connectivity index (χ2n) is 8.15. The topological polar surface area (TPSA) is 52.9 Å². The maximum Gasteiger partial charge on any atom is 0.254 e. The Labute approximate surface area is 159 Å². The third kappa shape index (κ3) is 2.50. The van der Waals surface area contributed by atoms with Crippen LogP contribution in [-0.2, 0) is 18.3 Å². The second-order valence-corrected chi connectivity index (χ2v) is 8.15. The quantitative estimate of drug-likeness (QED) is 0.874. The smallest absolute Gasteiger partial charge is 0.254 e. The SMILES string of the molecule is CCC12CCN(C(=O)c3ccc4c(c3)CC=N4)C(Cc3ccc(O)cc31)C2. The lowest BCUT2D eigenvalue weighted by molar-refractivity contribution is 0.0458. The van der Waals surface area contributed by atoms with Gasteiger partial charge in [-0.15, -0.1) is 0 Å². The number of aromatic hydroxyl groups is 1. The third-order valence-electron chi connectivity index (χ3n) is 6.82. The van der Waals surface area contributed by atoms with E-state index in [-0.39, 0.29) is 17.4 Å². The summed E-state index contributed by atoms with van der Waals surface area (Å²) in [7, 11) is 0. The lowest BCUT2D eigenvalue weighted by atomic mass is 9.62. The summed E-state index contributed by atoms with van der Waals surface area (Å²) < 4.78 is 0. The Kier molecular flexibility index (Phi) is 3.64. The van der Waals surface area contributed by atoms with E-state index in [2.05, 4.69) is 16.8 Å². The van der Waals surface area contributed by atoms with Crippen molar-refractivity contribution in [1.82, 2.24) is 4.90 Å². The van der Waals surface area contributed by atoms with Crippen LogP contribution in [0.4, 0.5) is 5.69 Å². The third-order valence-corrected chi connectivity index (χ3v) is 6.82. The molecule has 1 amide bonds. The fourth-order valence-electron chi connectivity index (χ4n) is 5.29. The van der Waals surface area contributed by atoms with Crippen molar-refractivity contribution >= 4 is 17.8 Å². The first-order valence-electron chi connectivity index (χ1n) is 9.88. The number of benzene rings is 2. The fourth-order valence-corrected chi connectivity index (χ4v) is 5.29. The minimum atomic E-state index is 0.0829. The van der Waals surface area contributed by atoms with Crippen molar-refractivity contribution in [2.75, 3.05) is 6.54 Å². The summed E-state index contributed by atoms with van der Waals surface area (Å²) in [5, 5.41) is 9.99. The van der Waals surface area contributed by atoms with Gasteiger partial charge in [0.25, 0.3) is 5.91 Å². The van der Waals surface area contributed by atoms with Crippen LogP contribution >= 0.6 is 0 Å². The standard InChI is InChI=1S/C23H24N2O2/c1-2-23-8-10-25(18(14-23)12-15-3-5-19(26)13-20(15)23)22(27)17-4-6-21-16(11-17)7-9-24-21/h3-6,9,11,13,18,26H,2,7-8,10,12,14H2,1H3. The van der Waals surface area contributed by atoms with E-state index in [0.29, 0.717) is 5.75 Å². The van der Waals surface area contributed by atoms with Crippen LogP contribution in [0.5, 0.6) is 5.75 Å². The average Bonchev–Trinajstić information content (AvgIpc) is 3.16. The Hall–Kier alpha value is -2.62. The van der Waals surface area contributed by atoms with Crippen LogP contribution in [0, 0.1) is 0 Å². The van der Waals surface area contributed by atoms with Gasteiger partial charge in [0.15, 0.2) is 0 Å². The highest BCUT2D eigenvalue weighted by atomic mass is 16.3. The molecule has 1 N–H and O–H groups in total. The molecule has 2 bridgehead atoms. The molecule has 0 spiro atoms. The summed E-state index contributed by atoms with van der Waals surface area (Å²) in [5.74, 6) is 0.487. The molecule has 138 valence electrons. The number of hydrogen-bond donors (Lipinski definition) is 1. The summed E-state index contributed by atoms with van der Waals surface area (Å²) in [4.78, 5) is 19.7. The fraction of sp³-hybridized carbons (Fsp3) is 0.391. The van der Waals surface area contributed by atoms with Crippen molar-refractivity contribution in [3.05, 3.63) is 58.7 Å². The molecule has 5 rings (SSSR count). The van der Waals surface area contributed by atoms with Crippen molar-refractivity contribution in [2.45, 2.75) is 50.5 Å². The van der Waals surface area contributed by atoms with Crippen molar-refractivity contribution in [3.63, 3.8) is 0 Å². The van der Waals surface area contributed by atoms with Crippen LogP contribution in [0.15, 0.2) is 41.4 Å². The van der Waals surface area contributed by atoms with Crippen LogP contribution < -0.4 is 0 Å². The van der Waals surface area contributed by atoms with Gasteiger partial charge in [0.1, 0.15) is 5.75 Å². The normalized spacial score (nSPS) is 25.2. The predicted molar refractivity (Wildman–Crippen MR) is 106 cm³/mol. The molecule has 0 saturated carbocycles. The molecule has 2 atom stereocenters. The number of phenolic OH excluding ortho intramolecular Hbond substituents is 1. The Balaban J connectivity index is 1.47. The highest BCUT2D eigenvalue weighted by molar-refractivity contribution is 5.96. The van der Waals surface area contributed by atoms with Gasteiger partial charge >= 0.3 is 0 Å². The summed E-state index contributed by atoms with van der Waals surface area (Å²) in [5.41, 5.74) is 5.57. The minimum absolute atomic E-state index is 0.0829. The lowest BCUT2D eigenvalue weighted by Gasteiger charge is -2.51. The number of amides is 1. The number of hydrogen-bond acceptors (Lipinski definition) is 3. The van der Waals surface area contributed by atoms with E-state index < -0.39 is 0 Å². The highest BCUT2D eigenvalue weighted by Crippen LogP contribution is 2.48. The van der Waals surface area contributed by atoms with Gasteiger partial charge in [-0.3, -0.25) is 9.79 Å². The van der Waals surface area contributed by atoms with Crippen molar-refractivity contribution in [2.24, 2.45) is 4.99 Å². The number of rotatable bonds is 2. The van der Waals surface area contributed by atoms with Gasteiger partial charge in [-0.1, -0.05) is 13.0 Å². The molecule has 1 fully saturated rings. The molecular formula is C23H24N2O2. The molecule has 4 nitrogen and oxygen atoms in total. The number of piperidine rings is 1. The molecule has 27 heavy (non-hydrogen) atoms. The molecule has 2 aromatic carbocycles. The van der Waals surface area contributed by atoms with E-state index >= 15 is 0 Å². The van der Waals surface area contributed by atoms with Crippen LogP contribution in [0.1, 0.15) is 53.2 Å². The van der Waals surface area contributed by atoms with E-state index in [0.717, 1.165) is 55.5 Å². The zero-order valence-electron chi connectivity index (χ0n) is 15.6. The maximum absolute atomic E-state index is 13.3. The number of likely N-dealkylation sites (tertiary alicyclic amines) is 1. The predicted octanol–water partition coefficient (Wildman–Crippen LogP) is 4.16. The zero-order valence-corrected chi connectivity index (χ0v) is 15.6. The van der Waals surface area contributed by atoms with Gasteiger partial charge < -0.3 is 10.0 Å². The van der Waals surface area contributed by atoms with Crippen molar-refractivity contribution in [3.8, 4) is 5.75 Å².